The molecule has 1 aliphatic carbocycles. The third-order valence-corrected chi connectivity index (χ3v) is 5.22. The van der Waals surface area contributed by atoms with Crippen LogP contribution in [0.15, 0.2) is 18.2 Å². The number of benzene rings is 1. The van der Waals surface area contributed by atoms with E-state index in [-0.39, 0.29) is 31.6 Å². The highest BCUT2D eigenvalue weighted by Gasteiger charge is 2.22. The van der Waals surface area contributed by atoms with Gasteiger partial charge in [0.1, 0.15) is 0 Å². The van der Waals surface area contributed by atoms with Crippen molar-refractivity contribution in [3.05, 3.63) is 23.8 Å². The first-order valence-electron chi connectivity index (χ1n) is 9.50. The summed E-state index contributed by atoms with van der Waals surface area (Å²) in [6.07, 6.45) is 7.82. The molecule has 2 aliphatic rings. The van der Waals surface area contributed by atoms with Crippen LogP contribution in [-0.2, 0) is 16.0 Å². The predicted octanol–water partition coefficient (Wildman–Crippen LogP) is 3.28. The summed E-state index contributed by atoms with van der Waals surface area (Å²) < 4.78 is 10.6. The number of carbonyl (C=O) groups excluding carboxylic acids is 1. The molecule has 6 nitrogen and oxygen atoms in total. The van der Waals surface area contributed by atoms with Gasteiger partial charge in [0.05, 0.1) is 6.42 Å². The fourth-order valence-electron chi connectivity index (χ4n) is 3.89. The molecule has 1 atom stereocenters. The summed E-state index contributed by atoms with van der Waals surface area (Å²) in [5, 5.41) is 12.1. The van der Waals surface area contributed by atoms with Gasteiger partial charge < -0.3 is 19.9 Å². The van der Waals surface area contributed by atoms with Crippen molar-refractivity contribution in [2.75, 3.05) is 6.79 Å². The fraction of sp³-hybridized carbons (Fsp3) is 0.600. The maximum atomic E-state index is 12.5. The molecule has 1 saturated carbocycles. The van der Waals surface area contributed by atoms with Gasteiger partial charge in [-0.3, -0.25) is 9.59 Å². The fourth-order valence-corrected chi connectivity index (χ4v) is 3.89. The molecule has 2 N–H and O–H groups in total. The Bertz CT molecular complexity index is 639. The van der Waals surface area contributed by atoms with Gasteiger partial charge in [-0.15, -0.1) is 0 Å². The third-order valence-electron chi connectivity index (χ3n) is 5.22. The summed E-state index contributed by atoms with van der Waals surface area (Å²) >= 11 is 0. The van der Waals surface area contributed by atoms with Crippen molar-refractivity contribution in [2.24, 2.45) is 5.92 Å². The van der Waals surface area contributed by atoms with Crippen LogP contribution in [0.3, 0.4) is 0 Å². The molecule has 1 fully saturated rings. The summed E-state index contributed by atoms with van der Waals surface area (Å²) in [6.45, 7) is 0.212. The Morgan fingerprint density at radius 1 is 1.15 bits per heavy atom. The monoisotopic (exact) mass is 361 g/mol. The highest BCUT2D eigenvalue weighted by atomic mass is 16.7. The highest BCUT2D eigenvalue weighted by Crippen LogP contribution is 2.32. The predicted molar refractivity (Wildman–Crippen MR) is 96.3 cm³/mol. The molecule has 3 rings (SSSR count). The molecule has 1 aromatic carbocycles. The van der Waals surface area contributed by atoms with Gasteiger partial charge in [-0.05, 0) is 36.5 Å². The molecule has 26 heavy (non-hydrogen) atoms. The molecular weight excluding hydrogens is 334 g/mol. The number of amides is 1. The maximum absolute atomic E-state index is 12.5. The Morgan fingerprint density at radius 3 is 2.69 bits per heavy atom. The number of hydrogen-bond acceptors (Lipinski definition) is 4. The van der Waals surface area contributed by atoms with Crippen LogP contribution in [0.4, 0.5) is 0 Å². The molecular formula is C20H27NO5. The molecule has 1 aliphatic heterocycles. The Hall–Kier alpha value is -2.24. The van der Waals surface area contributed by atoms with Gasteiger partial charge in [0, 0.05) is 12.5 Å². The summed E-state index contributed by atoms with van der Waals surface area (Å²) in [5.74, 6) is 1.07. The van der Waals surface area contributed by atoms with Gasteiger partial charge in [0.25, 0.3) is 0 Å². The minimum atomic E-state index is -0.816. The van der Waals surface area contributed by atoms with E-state index in [0.29, 0.717) is 23.8 Å². The van der Waals surface area contributed by atoms with Gasteiger partial charge in [0.2, 0.25) is 12.7 Å². The molecule has 1 heterocycles. The number of carbonyl (C=O) groups is 2. The van der Waals surface area contributed by atoms with Crippen molar-refractivity contribution in [3.63, 3.8) is 0 Å². The van der Waals surface area contributed by atoms with Crippen LogP contribution < -0.4 is 14.8 Å². The zero-order valence-corrected chi connectivity index (χ0v) is 15.0. The average Bonchev–Trinajstić information content (AvgIpc) is 3.08. The first-order chi connectivity index (χ1) is 12.6. The lowest BCUT2D eigenvalue weighted by Crippen LogP contribution is -2.38. The van der Waals surface area contributed by atoms with E-state index in [2.05, 4.69) is 5.32 Å². The summed E-state index contributed by atoms with van der Waals surface area (Å²) in [5.41, 5.74) is 0.862. The standard InChI is InChI=1S/C20H27NO5/c22-19(12-15-6-8-17-18(11-15)26-13-25-17)21-16(7-9-20(23)24)10-14-4-2-1-3-5-14/h6,8,11,14,16H,1-5,7,9-10,12-13H2,(H,21,22)(H,23,24). The van der Waals surface area contributed by atoms with Crippen LogP contribution >= 0.6 is 0 Å². The van der Waals surface area contributed by atoms with Crippen LogP contribution in [0.1, 0.15) is 56.9 Å². The topological polar surface area (TPSA) is 84.9 Å². The van der Waals surface area contributed by atoms with Crippen molar-refractivity contribution < 1.29 is 24.2 Å². The van der Waals surface area contributed by atoms with Gasteiger partial charge in [-0.2, -0.15) is 0 Å². The second-order valence-corrected chi connectivity index (χ2v) is 7.30. The van der Waals surface area contributed by atoms with Gasteiger partial charge in [-0.1, -0.05) is 38.2 Å². The summed E-state index contributed by atoms with van der Waals surface area (Å²) in [6, 6.07) is 5.43. The molecule has 0 aromatic heterocycles. The lowest BCUT2D eigenvalue weighted by molar-refractivity contribution is -0.137. The molecule has 1 aromatic rings. The minimum absolute atomic E-state index is 0.0734. The number of rotatable bonds is 8. The molecule has 0 bridgehead atoms. The Labute approximate surface area is 153 Å². The van der Waals surface area contributed by atoms with E-state index >= 15 is 0 Å². The van der Waals surface area contributed by atoms with Crippen molar-refractivity contribution in [2.45, 2.75) is 63.8 Å². The van der Waals surface area contributed by atoms with Crippen molar-refractivity contribution in [3.8, 4) is 11.5 Å². The van der Waals surface area contributed by atoms with Crippen LogP contribution in [0, 0.1) is 5.92 Å². The number of carboxylic acid groups (broad SMARTS) is 1. The van der Waals surface area contributed by atoms with E-state index in [1.54, 1.807) is 0 Å². The van der Waals surface area contributed by atoms with Gasteiger partial charge >= 0.3 is 5.97 Å². The van der Waals surface area contributed by atoms with E-state index in [0.717, 1.165) is 12.0 Å². The second kappa shape index (κ2) is 8.92. The zero-order valence-electron chi connectivity index (χ0n) is 15.0. The highest BCUT2D eigenvalue weighted by molar-refractivity contribution is 5.79. The van der Waals surface area contributed by atoms with Crippen molar-refractivity contribution >= 4 is 11.9 Å². The number of hydrogen-bond donors (Lipinski definition) is 2. The van der Waals surface area contributed by atoms with E-state index in [1.165, 1.54) is 32.1 Å². The summed E-state index contributed by atoms with van der Waals surface area (Å²) in [4.78, 5) is 23.4. The largest absolute Gasteiger partial charge is 0.481 e. The third kappa shape index (κ3) is 5.38. The normalized spacial score (nSPS) is 17.7. The number of ether oxygens (including phenoxy) is 2. The number of carboxylic acids is 1. The Kier molecular flexibility index (Phi) is 6.36. The molecule has 0 spiro atoms. The van der Waals surface area contributed by atoms with Crippen molar-refractivity contribution in [1.29, 1.82) is 0 Å². The Morgan fingerprint density at radius 2 is 1.92 bits per heavy atom. The molecule has 1 unspecified atom stereocenters. The summed E-state index contributed by atoms with van der Waals surface area (Å²) in [7, 11) is 0. The number of fused-ring (bicyclic) bond motifs is 1. The van der Waals surface area contributed by atoms with Crippen LogP contribution in [-0.4, -0.2) is 29.8 Å². The van der Waals surface area contributed by atoms with Crippen LogP contribution in [0.2, 0.25) is 0 Å². The lowest BCUT2D eigenvalue weighted by Gasteiger charge is -2.27. The first kappa shape index (κ1) is 18.5. The SMILES string of the molecule is O=C(O)CCC(CC1CCCCC1)NC(=O)Cc1ccc2c(c1)OCO2. The maximum Gasteiger partial charge on any atom is 0.303 e. The quantitative estimate of drug-likeness (QED) is 0.742. The second-order valence-electron chi connectivity index (χ2n) is 7.30. The lowest BCUT2D eigenvalue weighted by atomic mass is 9.84. The zero-order chi connectivity index (χ0) is 18.4. The smallest absolute Gasteiger partial charge is 0.303 e. The Balaban J connectivity index is 1.55. The molecule has 0 radical (unpaired) electrons. The van der Waals surface area contributed by atoms with Gasteiger partial charge in [0.15, 0.2) is 11.5 Å². The minimum Gasteiger partial charge on any atom is -0.481 e. The van der Waals surface area contributed by atoms with E-state index < -0.39 is 5.97 Å². The van der Waals surface area contributed by atoms with E-state index in [4.69, 9.17) is 14.6 Å². The van der Waals surface area contributed by atoms with E-state index in [9.17, 15) is 9.59 Å². The van der Waals surface area contributed by atoms with Crippen LogP contribution in [0.5, 0.6) is 11.5 Å². The van der Waals surface area contributed by atoms with Crippen LogP contribution in [0.25, 0.3) is 0 Å². The van der Waals surface area contributed by atoms with Crippen molar-refractivity contribution in [1.82, 2.24) is 5.32 Å². The molecule has 1 amide bonds. The molecule has 0 saturated heterocycles. The number of aliphatic carboxylic acids is 1. The molecule has 142 valence electrons. The van der Waals surface area contributed by atoms with E-state index in [1.807, 2.05) is 18.2 Å². The first-order valence-corrected chi connectivity index (χ1v) is 9.50. The number of nitrogens with one attached hydrogen (secondary N) is 1. The average molecular weight is 361 g/mol. The molecule has 6 heteroatoms. The van der Waals surface area contributed by atoms with Gasteiger partial charge in [-0.25, -0.2) is 0 Å².